The van der Waals surface area contributed by atoms with Crippen LogP contribution in [0.5, 0.6) is 0 Å². The van der Waals surface area contributed by atoms with Crippen molar-refractivity contribution in [1.29, 1.82) is 0 Å². The molecule has 4 fully saturated rings. The third kappa shape index (κ3) is 1.26. The SMILES string of the molecule is CC1OCC2C3CC4(O)N(CCC45c4ccccc4NC25)CC13. The summed E-state index contributed by atoms with van der Waals surface area (Å²) < 4.78 is 6.19. The predicted molar refractivity (Wildman–Crippen MR) is 87.2 cm³/mol. The van der Waals surface area contributed by atoms with Gasteiger partial charge in [-0.25, -0.2) is 0 Å². The molecule has 7 atom stereocenters. The Morgan fingerprint density at radius 1 is 1.26 bits per heavy atom. The molecule has 5 aliphatic rings. The van der Waals surface area contributed by atoms with Gasteiger partial charge in [0.1, 0.15) is 5.72 Å². The fraction of sp³-hybridized carbons (Fsp3) is 0.684. The molecule has 2 bridgehead atoms. The summed E-state index contributed by atoms with van der Waals surface area (Å²) in [4.78, 5) is 2.38. The number of piperidine rings is 1. The number of benzene rings is 1. The van der Waals surface area contributed by atoms with Gasteiger partial charge in [0.2, 0.25) is 0 Å². The lowest BCUT2D eigenvalue weighted by Crippen LogP contribution is -2.74. The van der Waals surface area contributed by atoms with E-state index in [9.17, 15) is 5.11 Å². The van der Waals surface area contributed by atoms with Crippen LogP contribution in [0, 0.1) is 17.8 Å². The largest absolute Gasteiger partial charge is 0.381 e. The van der Waals surface area contributed by atoms with Crippen molar-refractivity contribution in [2.24, 2.45) is 17.8 Å². The minimum absolute atomic E-state index is 0.153. The number of fused-ring (bicyclic) bond motifs is 2. The van der Waals surface area contributed by atoms with E-state index in [1.807, 2.05) is 0 Å². The first-order chi connectivity index (χ1) is 11.1. The fourth-order valence-corrected chi connectivity index (χ4v) is 6.90. The minimum Gasteiger partial charge on any atom is -0.381 e. The summed E-state index contributed by atoms with van der Waals surface area (Å²) in [7, 11) is 0. The summed E-state index contributed by atoms with van der Waals surface area (Å²) >= 11 is 0. The highest BCUT2D eigenvalue weighted by molar-refractivity contribution is 5.65. The van der Waals surface area contributed by atoms with Crippen LogP contribution in [0.25, 0.3) is 0 Å². The quantitative estimate of drug-likeness (QED) is 0.767. The van der Waals surface area contributed by atoms with E-state index in [2.05, 4.69) is 41.4 Å². The summed E-state index contributed by atoms with van der Waals surface area (Å²) in [6, 6.07) is 8.96. The zero-order valence-electron chi connectivity index (χ0n) is 13.5. The number of anilines is 1. The Kier molecular flexibility index (Phi) is 2.26. The van der Waals surface area contributed by atoms with Gasteiger partial charge in [-0.1, -0.05) is 18.2 Å². The zero-order chi connectivity index (χ0) is 15.4. The Hall–Kier alpha value is -1.10. The average molecular weight is 312 g/mol. The molecule has 1 aromatic carbocycles. The molecule has 2 N–H and O–H groups in total. The van der Waals surface area contributed by atoms with E-state index in [1.54, 1.807) is 0 Å². The van der Waals surface area contributed by atoms with E-state index in [1.165, 1.54) is 11.3 Å². The van der Waals surface area contributed by atoms with Gasteiger partial charge in [-0.3, -0.25) is 4.90 Å². The molecule has 4 aliphatic heterocycles. The molecule has 4 heteroatoms. The lowest BCUT2D eigenvalue weighted by molar-refractivity contribution is -0.247. The van der Waals surface area contributed by atoms with Crippen LogP contribution in [0.4, 0.5) is 5.69 Å². The molecule has 7 unspecified atom stereocenters. The Labute approximate surface area is 136 Å². The number of hydrogen-bond donors (Lipinski definition) is 2. The standard InChI is InChI=1S/C19H24N2O2/c1-11-13-9-21-7-6-18-15-4-2-3-5-16(15)20-17(18)14(10-23-11)12(13)8-19(18,21)22/h2-5,11-14,17,20,22H,6-10H2,1H3. The molecule has 0 radical (unpaired) electrons. The van der Waals surface area contributed by atoms with Gasteiger partial charge in [-0.15, -0.1) is 0 Å². The van der Waals surface area contributed by atoms with Gasteiger partial charge in [-0.2, -0.15) is 0 Å². The Morgan fingerprint density at radius 3 is 3.04 bits per heavy atom. The monoisotopic (exact) mass is 312 g/mol. The number of rotatable bonds is 0. The molecular formula is C19H24N2O2. The number of ether oxygens (including phenoxy) is 1. The number of aliphatic hydroxyl groups is 1. The van der Waals surface area contributed by atoms with E-state index in [0.717, 1.165) is 32.5 Å². The van der Waals surface area contributed by atoms with E-state index < -0.39 is 5.72 Å². The highest BCUT2D eigenvalue weighted by Gasteiger charge is 2.74. The molecule has 1 aromatic rings. The molecule has 23 heavy (non-hydrogen) atoms. The van der Waals surface area contributed by atoms with Crippen molar-refractivity contribution in [2.75, 3.05) is 25.0 Å². The van der Waals surface area contributed by atoms with Gasteiger partial charge in [-0.05, 0) is 37.3 Å². The van der Waals surface area contributed by atoms with Crippen molar-refractivity contribution in [2.45, 2.75) is 43.1 Å². The molecule has 3 saturated heterocycles. The lowest BCUT2D eigenvalue weighted by Gasteiger charge is -2.63. The molecule has 1 spiro atoms. The van der Waals surface area contributed by atoms with E-state index in [-0.39, 0.29) is 5.41 Å². The van der Waals surface area contributed by atoms with Crippen LogP contribution in [0.2, 0.25) is 0 Å². The van der Waals surface area contributed by atoms with Gasteiger partial charge in [0.15, 0.2) is 0 Å². The lowest BCUT2D eigenvalue weighted by atomic mass is 9.52. The van der Waals surface area contributed by atoms with Crippen molar-refractivity contribution < 1.29 is 9.84 Å². The first kappa shape index (κ1) is 13.2. The molecule has 4 nitrogen and oxygen atoms in total. The third-order valence-electron chi connectivity index (χ3n) is 7.90. The van der Waals surface area contributed by atoms with Crippen LogP contribution in [0.15, 0.2) is 24.3 Å². The van der Waals surface area contributed by atoms with E-state index in [4.69, 9.17) is 4.74 Å². The fourth-order valence-electron chi connectivity index (χ4n) is 6.90. The second-order valence-corrected chi connectivity index (χ2v) is 8.39. The molecule has 1 aliphatic carbocycles. The average Bonchev–Trinajstić information content (AvgIpc) is 3.06. The maximum absolute atomic E-state index is 11.9. The van der Waals surface area contributed by atoms with Crippen LogP contribution >= 0.6 is 0 Å². The minimum atomic E-state index is -0.675. The second-order valence-electron chi connectivity index (χ2n) is 8.39. The van der Waals surface area contributed by atoms with Gasteiger partial charge < -0.3 is 15.2 Å². The van der Waals surface area contributed by atoms with Crippen LogP contribution in [0.3, 0.4) is 0 Å². The molecule has 0 aromatic heterocycles. The summed E-state index contributed by atoms with van der Waals surface area (Å²) in [6.07, 6.45) is 2.29. The Bertz CT molecular complexity index is 694. The first-order valence-corrected chi connectivity index (χ1v) is 9.10. The van der Waals surface area contributed by atoms with Crippen LogP contribution in [-0.2, 0) is 10.2 Å². The molecular weight excluding hydrogens is 288 g/mol. The molecule has 0 amide bonds. The van der Waals surface area contributed by atoms with Gasteiger partial charge in [0.25, 0.3) is 0 Å². The normalized spacial score (nSPS) is 52.7. The van der Waals surface area contributed by atoms with Gasteiger partial charge in [0, 0.05) is 36.7 Å². The van der Waals surface area contributed by atoms with Gasteiger partial charge >= 0.3 is 0 Å². The van der Waals surface area contributed by atoms with Crippen LogP contribution in [-0.4, -0.2) is 47.6 Å². The second kappa shape index (κ2) is 3.93. The van der Waals surface area contributed by atoms with Crippen LogP contribution < -0.4 is 5.32 Å². The first-order valence-electron chi connectivity index (χ1n) is 9.10. The number of para-hydroxylation sites is 1. The molecule has 122 valence electrons. The molecule has 6 rings (SSSR count). The van der Waals surface area contributed by atoms with Crippen molar-refractivity contribution in [3.05, 3.63) is 29.8 Å². The molecule has 1 saturated carbocycles. The van der Waals surface area contributed by atoms with E-state index >= 15 is 0 Å². The van der Waals surface area contributed by atoms with Crippen molar-refractivity contribution in [1.82, 2.24) is 4.90 Å². The maximum atomic E-state index is 11.9. The summed E-state index contributed by atoms with van der Waals surface area (Å²) in [5, 5.41) is 15.7. The summed E-state index contributed by atoms with van der Waals surface area (Å²) in [5.41, 5.74) is 1.74. The van der Waals surface area contributed by atoms with Crippen molar-refractivity contribution >= 4 is 5.69 Å². The highest BCUT2D eigenvalue weighted by Crippen LogP contribution is 2.66. The third-order valence-corrected chi connectivity index (χ3v) is 7.90. The number of nitrogens with one attached hydrogen (secondary N) is 1. The summed E-state index contributed by atoms with van der Waals surface area (Å²) in [6.45, 7) is 5.06. The summed E-state index contributed by atoms with van der Waals surface area (Å²) in [5.74, 6) is 1.66. The molecule has 4 heterocycles. The highest BCUT2D eigenvalue weighted by atomic mass is 16.5. The van der Waals surface area contributed by atoms with Gasteiger partial charge in [0.05, 0.1) is 18.1 Å². The zero-order valence-corrected chi connectivity index (χ0v) is 13.5. The number of hydrogen-bond acceptors (Lipinski definition) is 4. The van der Waals surface area contributed by atoms with Crippen molar-refractivity contribution in [3.8, 4) is 0 Å². The number of nitrogens with zero attached hydrogens (tertiary/aromatic N) is 1. The topological polar surface area (TPSA) is 44.7 Å². The Balaban J connectivity index is 1.60. The smallest absolute Gasteiger partial charge is 0.130 e. The van der Waals surface area contributed by atoms with Crippen LogP contribution in [0.1, 0.15) is 25.3 Å². The van der Waals surface area contributed by atoms with E-state index in [0.29, 0.717) is 29.9 Å². The Morgan fingerprint density at radius 2 is 2.13 bits per heavy atom. The maximum Gasteiger partial charge on any atom is 0.130 e. The van der Waals surface area contributed by atoms with Crippen molar-refractivity contribution in [3.63, 3.8) is 0 Å². The predicted octanol–water partition coefficient (Wildman–Crippen LogP) is 1.80.